The number of ether oxygens (including phenoxy) is 2. The van der Waals surface area contributed by atoms with Crippen LogP contribution in [0.3, 0.4) is 0 Å². The summed E-state index contributed by atoms with van der Waals surface area (Å²) in [6.07, 6.45) is 1.56. The van der Waals surface area contributed by atoms with Gasteiger partial charge in [-0.25, -0.2) is 9.59 Å². The van der Waals surface area contributed by atoms with Crippen LogP contribution in [0.4, 0.5) is 5.00 Å². The molecule has 11 heteroatoms. The maximum Gasteiger partial charge on any atom is 0.357 e. The fraction of sp³-hybridized carbons (Fsp3) is 0.238. The monoisotopic (exact) mass is 455 g/mol. The van der Waals surface area contributed by atoms with Crippen molar-refractivity contribution < 1.29 is 23.9 Å². The third-order valence-corrected chi connectivity index (χ3v) is 5.65. The lowest BCUT2D eigenvalue weighted by Gasteiger charge is -2.10. The summed E-state index contributed by atoms with van der Waals surface area (Å²) in [6.45, 7) is 4.66. The molecule has 2 heterocycles. The van der Waals surface area contributed by atoms with E-state index in [1.165, 1.54) is 23.1 Å². The SMILES string of the molecule is COC(=O)c1c(NC(=O)COC(=O)/C(=C/c2ccccc2)n2nnnc2C)sc(C)c1C. The van der Waals surface area contributed by atoms with Crippen molar-refractivity contribution in [2.45, 2.75) is 20.8 Å². The van der Waals surface area contributed by atoms with Crippen LogP contribution in [-0.4, -0.2) is 51.8 Å². The lowest BCUT2D eigenvalue weighted by atomic mass is 10.1. The van der Waals surface area contributed by atoms with Gasteiger partial charge in [-0.3, -0.25) is 4.79 Å². The molecule has 32 heavy (non-hydrogen) atoms. The molecule has 2 aromatic heterocycles. The first-order chi connectivity index (χ1) is 15.3. The molecule has 166 valence electrons. The first-order valence-electron chi connectivity index (χ1n) is 9.49. The quantitative estimate of drug-likeness (QED) is 0.426. The fourth-order valence-electron chi connectivity index (χ4n) is 2.80. The average Bonchev–Trinajstić information content (AvgIpc) is 3.32. The lowest BCUT2D eigenvalue weighted by molar-refractivity contribution is -0.141. The highest BCUT2D eigenvalue weighted by atomic mass is 32.1. The first kappa shape index (κ1) is 22.8. The molecule has 0 saturated carbocycles. The second-order valence-corrected chi connectivity index (χ2v) is 7.91. The van der Waals surface area contributed by atoms with Crippen LogP contribution < -0.4 is 5.32 Å². The molecule has 1 N–H and O–H groups in total. The minimum atomic E-state index is -0.786. The van der Waals surface area contributed by atoms with Gasteiger partial charge >= 0.3 is 11.9 Å². The summed E-state index contributed by atoms with van der Waals surface area (Å²) in [4.78, 5) is 38.1. The van der Waals surface area contributed by atoms with E-state index < -0.39 is 24.5 Å². The summed E-state index contributed by atoms with van der Waals surface area (Å²) in [5.41, 5.74) is 1.77. The number of hydrogen-bond acceptors (Lipinski definition) is 9. The van der Waals surface area contributed by atoms with E-state index in [1.807, 2.05) is 25.1 Å². The van der Waals surface area contributed by atoms with Crippen molar-refractivity contribution in [3.05, 3.63) is 57.7 Å². The van der Waals surface area contributed by atoms with Crippen molar-refractivity contribution in [2.75, 3.05) is 19.0 Å². The maximum atomic E-state index is 12.8. The minimum Gasteiger partial charge on any atom is -0.465 e. The third-order valence-electron chi connectivity index (χ3n) is 4.53. The molecule has 1 amide bonds. The van der Waals surface area contributed by atoms with Crippen molar-refractivity contribution in [1.82, 2.24) is 20.2 Å². The van der Waals surface area contributed by atoms with Gasteiger partial charge in [-0.1, -0.05) is 30.3 Å². The van der Waals surface area contributed by atoms with Crippen LogP contribution in [0.5, 0.6) is 0 Å². The fourth-order valence-corrected chi connectivity index (χ4v) is 3.86. The molecule has 0 spiro atoms. The van der Waals surface area contributed by atoms with Crippen molar-refractivity contribution in [1.29, 1.82) is 0 Å². The van der Waals surface area contributed by atoms with Gasteiger partial charge < -0.3 is 14.8 Å². The summed E-state index contributed by atoms with van der Waals surface area (Å²) in [5, 5.41) is 14.1. The van der Waals surface area contributed by atoms with Crippen LogP contribution in [0.15, 0.2) is 30.3 Å². The normalized spacial score (nSPS) is 11.2. The minimum absolute atomic E-state index is 0.0459. The summed E-state index contributed by atoms with van der Waals surface area (Å²) >= 11 is 1.24. The van der Waals surface area contributed by atoms with Crippen LogP contribution in [0.25, 0.3) is 11.8 Å². The highest BCUT2D eigenvalue weighted by Crippen LogP contribution is 2.32. The largest absolute Gasteiger partial charge is 0.465 e. The first-order valence-corrected chi connectivity index (χ1v) is 10.3. The summed E-state index contributed by atoms with van der Waals surface area (Å²) in [5.74, 6) is -1.56. The van der Waals surface area contributed by atoms with Crippen molar-refractivity contribution in [3.8, 4) is 0 Å². The molecule has 1 aromatic carbocycles. The molecule has 3 aromatic rings. The zero-order valence-electron chi connectivity index (χ0n) is 17.9. The van der Waals surface area contributed by atoms with Gasteiger partial charge in [0, 0.05) is 4.88 Å². The third kappa shape index (κ3) is 5.06. The Morgan fingerprint density at radius 3 is 2.50 bits per heavy atom. The second-order valence-electron chi connectivity index (χ2n) is 6.68. The molecule has 0 aliphatic rings. The Morgan fingerprint density at radius 1 is 1.16 bits per heavy atom. The predicted octanol–water partition coefficient (Wildman–Crippen LogP) is 2.63. The molecule has 0 fully saturated rings. The Labute approximate surface area is 187 Å². The Morgan fingerprint density at radius 2 is 1.88 bits per heavy atom. The van der Waals surface area contributed by atoms with Gasteiger partial charge in [0.2, 0.25) is 0 Å². The van der Waals surface area contributed by atoms with Gasteiger partial charge in [0.1, 0.15) is 5.00 Å². The number of amides is 1. The molecule has 3 rings (SSSR count). The van der Waals surface area contributed by atoms with E-state index in [0.29, 0.717) is 10.8 Å². The van der Waals surface area contributed by atoms with Gasteiger partial charge in [0.25, 0.3) is 5.91 Å². The smallest absolute Gasteiger partial charge is 0.357 e. The van der Waals surface area contributed by atoms with E-state index in [9.17, 15) is 14.4 Å². The number of benzene rings is 1. The zero-order valence-corrected chi connectivity index (χ0v) is 18.7. The molecule has 0 unspecified atom stereocenters. The van der Waals surface area contributed by atoms with Gasteiger partial charge in [-0.2, -0.15) is 4.68 Å². The molecule has 0 bridgehead atoms. The zero-order chi connectivity index (χ0) is 23.3. The molecule has 10 nitrogen and oxygen atoms in total. The van der Waals surface area contributed by atoms with E-state index in [1.54, 1.807) is 32.1 Å². The standard InChI is InChI=1S/C21H21N5O5S/c1-12-13(2)32-19(18(12)21(29)30-4)22-17(27)11-31-20(28)16(26-14(3)23-24-25-26)10-15-8-6-5-7-9-15/h5-10H,11H2,1-4H3,(H,22,27)/b16-10-. The van der Waals surface area contributed by atoms with E-state index in [0.717, 1.165) is 16.0 Å². The van der Waals surface area contributed by atoms with Gasteiger partial charge in [0.05, 0.1) is 12.7 Å². The van der Waals surface area contributed by atoms with E-state index >= 15 is 0 Å². The number of nitrogens with one attached hydrogen (secondary N) is 1. The van der Waals surface area contributed by atoms with Gasteiger partial charge in [0.15, 0.2) is 18.1 Å². The van der Waals surface area contributed by atoms with Crippen molar-refractivity contribution >= 4 is 46.0 Å². The predicted molar refractivity (Wildman–Crippen MR) is 118 cm³/mol. The lowest BCUT2D eigenvalue weighted by Crippen LogP contribution is -2.23. The molecule has 0 atom stereocenters. The molecule has 0 aliphatic carbocycles. The number of nitrogens with zero attached hydrogens (tertiary/aromatic N) is 4. The van der Waals surface area contributed by atoms with Crippen molar-refractivity contribution in [2.24, 2.45) is 0 Å². The number of carbonyl (C=O) groups excluding carboxylic acids is 3. The number of tetrazole rings is 1. The number of esters is 2. The van der Waals surface area contributed by atoms with Crippen LogP contribution in [0.2, 0.25) is 0 Å². The number of thiophene rings is 1. The summed E-state index contributed by atoms with van der Waals surface area (Å²) in [6, 6.07) is 9.08. The Hall–Kier alpha value is -3.86. The summed E-state index contributed by atoms with van der Waals surface area (Å²) < 4.78 is 11.2. The number of aromatic nitrogens is 4. The highest BCUT2D eigenvalue weighted by molar-refractivity contribution is 7.16. The molecular weight excluding hydrogens is 434 g/mol. The second kappa shape index (κ2) is 9.96. The van der Waals surface area contributed by atoms with E-state index in [-0.39, 0.29) is 11.3 Å². The highest BCUT2D eigenvalue weighted by Gasteiger charge is 2.23. The number of carbonyl (C=O) groups is 3. The van der Waals surface area contributed by atoms with Crippen LogP contribution in [0.1, 0.15) is 32.2 Å². The number of aryl methyl sites for hydroxylation is 2. The van der Waals surface area contributed by atoms with Crippen LogP contribution >= 0.6 is 11.3 Å². The summed E-state index contributed by atoms with van der Waals surface area (Å²) in [7, 11) is 1.27. The molecule has 0 saturated heterocycles. The maximum absolute atomic E-state index is 12.8. The number of hydrogen-bond donors (Lipinski definition) is 1. The Balaban J connectivity index is 1.75. The number of rotatable bonds is 7. The molecular formula is C21H21N5O5S. The number of anilines is 1. The topological polar surface area (TPSA) is 125 Å². The molecule has 0 radical (unpaired) electrons. The van der Waals surface area contributed by atoms with Crippen LogP contribution in [-0.2, 0) is 19.1 Å². The van der Waals surface area contributed by atoms with Crippen molar-refractivity contribution in [3.63, 3.8) is 0 Å². The van der Waals surface area contributed by atoms with E-state index in [2.05, 4.69) is 20.8 Å². The Bertz CT molecular complexity index is 1180. The van der Waals surface area contributed by atoms with Gasteiger partial charge in [-0.15, -0.1) is 16.4 Å². The van der Waals surface area contributed by atoms with Gasteiger partial charge in [-0.05, 0) is 48.4 Å². The molecule has 0 aliphatic heterocycles. The Kier molecular flexibility index (Phi) is 7.11. The van der Waals surface area contributed by atoms with E-state index in [4.69, 9.17) is 9.47 Å². The number of methoxy groups -OCH3 is 1. The average molecular weight is 455 g/mol. The van der Waals surface area contributed by atoms with Crippen LogP contribution in [0, 0.1) is 20.8 Å².